The SMILES string of the molecule is CCCNCc1ncc(-c2ccc(-c3ccc(-c4cnc(CNCC(C)(F)F)[nH]4)cc3)cc2)[nH]1. The van der Waals surface area contributed by atoms with E-state index in [0.29, 0.717) is 5.82 Å². The lowest BCUT2D eigenvalue weighted by Crippen LogP contribution is -2.29. The van der Waals surface area contributed by atoms with Gasteiger partial charge in [-0.3, -0.25) is 0 Å². The van der Waals surface area contributed by atoms with Gasteiger partial charge in [0.2, 0.25) is 0 Å². The predicted molar refractivity (Wildman–Crippen MR) is 131 cm³/mol. The zero-order valence-electron chi connectivity index (χ0n) is 19.5. The molecule has 0 saturated carbocycles. The molecule has 0 saturated heterocycles. The average Bonchev–Trinajstić information content (AvgIpc) is 3.49. The smallest absolute Gasteiger partial charge is 0.257 e. The molecule has 178 valence electrons. The van der Waals surface area contributed by atoms with E-state index in [0.717, 1.165) is 65.9 Å². The van der Waals surface area contributed by atoms with Gasteiger partial charge in [0, 0.05) is 6.92 Å². The minimum Gasteiger partial charge on any atom is -0.341 e. The average molecular weight is 465 g/mol. The molecule has 4 aromatic rings. The summed E-state index contributed by atoms with van der Waals surface area (Å²) in [5.74, 6) is -1.18. The van der Waals surface area contributed by atoms with Gasteiger partial charge in [0.15, 0.2) is 0 Å². The molecule has 0 atom stereocenters. The van der Waals surface area contributed by atoms with E-state index >= 15 is 0 Å². The number of rotatable bonds is 11. The van der Waals surface area contributed by atoms with E-state index < -0.39 is 5.92 Å². The lowest BCUT2D eigenvalue weighted by Gasteiger charge is -2.09. The van der Waals surface area contributed by atoms with Gasteiger partial charge < -0.3 is 20.6 Å². The van der Waals surface area contributed by atoms with E-state index in [1.807, 2.05) is 18.3 Å². The summed E-state index contributed by atoms with van der Waals surface area (Å²) in [6, 6.07) is 16.6. The van der Waals surface area contributed by atoms with Gasteiger partial charge in [-0.05, 0) is 35.2 Å². The van der Waals surface area contributed by atoms with Crippen LogP contribution in [0.4, 0.5) is 8.78 Å². The van der Waals surface area contributed by atoms with Crippen LogP contribution in [0.25, 0.3) is 33.6 Å². The van der Waals surface area contributed by atoms with Crippen molar-refractivity contribution < 1.29 is 8.78 Å². The highest BCUT2D eigenvalue weighted by Gasteiger charge is 2.20. The molecule has 0 amide bonds. The molecule has 0 aliphatic rings. The van der Waals surface area contributed by atoms with Gasteiger partial charge in [0.1, 0.15) is 11.6 Å². The zero-order chi connectivity index (χ0) is 24.0. The highest BCUT2D eigenvalue weighted by Crippen LogP contribution is 2.26. The predicted octanol–water partition coefficient (Wildman–Crippen LogP) is 5.38. The van der Waals surface area contributed by atoms with Crippen molar-refractivity contribution in [3.05, 3.63) is 72.6 Å². The summed E-state index contributed by atoms with van der Waals surface area (Å²) < 4.78 is 25.9. The molecule has 4 rings (SSSR count). The second-order valence-electron chi connectivity index (χ2n) is 8.49. The fraction of sp³-hybridized carbons (Fsp3) is 0.308. The molecular formula is C26H30F2N6. The van der Waals surface area contributed by atoms with Crippen molar-refractivity contribution in [2.75, 3.05) is 13.1 Å². The third kappa shape index (κ3) is 6.36. The van der Waals surface area contributed by atoms with Crippen LogP contribution in [-0.4, -0.2) is 38.9 Å². The number of aromatic amines is 2. The molecule has 34 heavy (non-hydrogen) atoms. The number of hydrogen-bond donors (Lipinski definition) is 4. The summed E-state index contributed by atoms with van der Waals surface area (Å²) in [5.41, 5.74) is 6.16. The topological polar surface area (TPSA) is 81.4 Å². The maximum atomic E-state index is 12.9. The molecule has 4 N–H and O–H groups in total. The molecule has 0 radical (unpaired) electrons. The Morgan fingerprint density at radius 2 is 1.18 bits per heavy atom. The first kappa shape index (κ1) is 23.8. The monoisotopic (exact) mass is 464 g/mol. The van der Waals surface area contributed by atoms with E-state index in [2.05, 4.69) is 73.9 Å². The molecule has 0 aliphatic heterocycles. The molecule has 0 unspecified atom stereocenters. The third-order valence-electron chi connectivity index (χ3n) is 5.43. The van der Waals surface area contributed by atoms with E-state index in [9.17, 15) is 8.78 Å². The van der Waals surface area contributed by atoms with Crippen LogP contribution in [0.3, 0.4) is 0 Å². The molecule has 0 fully saturated rings. The number of benzene rings is 2. The summed E-state index contributed by atoms with van der Waals surface area (Å²) in [6.45, 7) is 4.63. The number of imidazole rings is 2. The molecule has 0 bridgehead atoms. The number of H-pyrrole nitrogens is 2. The van der Waals surface area contributed by atoms with Crippen LogP contribution < -0.4 is 10.6 Å². The van der Waals surface area contributed by atoms with Crippen molar-refractivity contribution in [2.45, 2.75) is 39.3 Å². The third-order valence-corrected chi connectivity index (χ3v) is 5.43. The minimum atomic E-state index is -2.74. The van der Waals surface area contributed by atoms with Crippen LogP contribution in [0.1, 0.15) is 31.9 Å². The maximum absolute atomic E-state index is 12.9. The van der Waals surface area contributed by atoms with Crippen molar-refractivity contribution in [3.63, 3.8) is 0 Å². The Morgan fingerprint density at radius 1 is 0.735 bits per heavy atom. The van der Waals surface area contributed by atoms with Gasteiger partial charge in [-0.1, -0.05) is 55.5 Å². The Morgan fingerprint density at radius 3 is 1.62 bits per heavy atom. The number of aromatic nitrogens is 4. The second-order valence-corrected chi connectivity index (χ2v) is 8.49. The van der Waals surface area contributed by atoms with Crippen molar-refractivity contribution in [1.82, 2.24) is 30.6 Å². The fourth-order valence-electron chi connectivity index (χ4n) is 3.67. The Bertz CT molecular complexity index is 1170. The van der Waals surface area contributed by atoms with Crippen LogP contribution >= 0.6 is 0 Å². The van der Waals surface area contributed by atoms with Crippen LogP contribution in [0, 0.1) is 0 Å². The van der Waals surface area contributed by atoms with Crippen LogP contribution in [-0.2, 0) is 13.1 Å². The molecule has 6 nitrogen and oxygen atoms in total. The maximum Gasteiger partial charge on any atom is 0.257 e. The fourth-order valence-corrected chi connectivity index (χ4v) is 3.67. The van der Waals surface area contributed by atoms with Crippen molar-refractivity contribution in [2.24, 2.45) is 0 Å². The minimum absolute atomic E-state index is 0.265. The standard InChI is InChI=1S/C26H30F2N6/c1-3-12-29-15-24-31-13-22(33-24)20-8-4-18(5-9-20)19-6-10-21(11-7-19)23-14-32-25(34-23)16-30-17-26(2,27)28/h4-11,13-14,29-30H,3,12,15-17H2,1-2H3,(H,31,33)(H,32,34). The van der Waals surface area contributed by atoms with Crippen molar-refractivity contribution in [3.8, 4) is 33.6 Å². The van der Waals surface area contributed by atoms with E-state index in [4.69, 9.17) is 0 Å². The van der Waals surface area contributed by atoms with Gasteiger partial charge in [0.05, 0.1) is 43.4 Å². The summed E-state index contributed by atoms with van der Waals surface area (Å²) in [6.07, 6.45) is 4.69. The lowest BCUT2D eigenvalue weighted by molar-refractivity contribution is 0.0223. The molecule has 0 spiro atoms. The summed E-state index contributed by atoms with van der Waals surface area (Å²) in [4.78, 5) is 15.3. The second kappa shape index (κ2) is 10.7. The largest absolute Gasteiger partial charge is 0.341 e. The number of hydrogen-bond acceptors (Lipinski definition) is 4. The van der Waals surface area contributed by atoms with E-state index in [1.165, 1.54) is 0 Å². The molecule has 2 heterocycles. The number of halogens is 2. The Kier molecular flexibility index (Phi) is 7.49. The van der Waals surface area contributed by atoms with Gasteiger partial charge in [-0.2, -0.15) is 0 Å². The van der Waals surface area contributed by atoms with Gasteiger partial charge in [-0.15, -0.1) is 0 Å². The molecule has 2 aromatic heterocycles. The molecule has 2 aromatic carbocycles. The van der Waals surface area contributed by atoms with Crippen molar-refractivity contribution >= 4 is 0 Å². The van der Waals surface area contributed by atoms with Crippen LogP contribution in [0.2, 0.25) is 0 Å². The Labute approximate surface area is 198 Å². The summed E-state index contributed by atoms with van der Waals surface area (Å²) in [5, 5.41) is 6.06. The van der Waals surface area contributed by atoms with E-state index in [-0.39, 0.29) is 13.1 Å². The van der Waals surface area contributed by atoms with Crippen molar-refractivity contribution in [1.29, 1.82) is 0 Å². The molecular weight excluding hydrogens is 434 g/mol. The first-order chi connectivity index (χ1) is 16.4. The first-order valence-corrected chi connectivity index (χ1v) is 11.5. The van der Waals surface area contributed by atoms with Gasteiger partial charge >= 0.3 is 0 Å². The lowest BCUT2D eigenvalue weighted by atomic mass is 10.0. The summed E-state index contributed by atoms with van der Waals surface area (Å²) >= 11 is 0. The van der Waals surface area contributed by atoms with E-state index in [1.54, 1.807) is 6.20 Å². The number of nitrogens with one attached hydrogen (secondary N) is 4. The summed E-state index contributed by atoms with van der Waals surface area (Å²) in [7, 11) is 0. The van der Waals surface area contributed by atoms with Gasteiger partial charge in [-0.25, -0.2) is 18.7 Å². The molecule has 0 aliphatic carbocycles. The zero-order valence-corrected chi connectivity index (χ0v) is 19.5. The Balaban J connectivity index is 1.38. The molecule has 8 heteroatoms. The highest BCUT2D eigenvalue weighted by molar-refractivity contribution is 5.71. The van der Waals surface area contributed by atoms with Crippen LogP contribution in [0.5, 0.6) is 0 Å². The number of nitrogens with zero attached hydrogens (tertiary/aromatic N) is 2. The quantitative estimate of drug-likeness (QED) is 0.225. The Hall–Kier alpha value is -3.36. The number of alkyl halides is 2. The van der Waals surface area contributed by atoms with Gasteiger partial charge in [0.25, 0.3) is 5.92 Å². The normalized spacial score (nSPS) is 11.8. The van der Waals surface area contributed by atoms with Crippen LogP contribution in [0.15, 0.2) is 60.9 Å². The first-order valence-electron chi connectivity index (χ1n) is 11.5. The highest BCUT2D eigenvalue weighted by atomic mass is 19.3.